The number of hydrogen-bond donors (Lipinski definition) is 1. The standard InChI is InChI=1S/C19H20N4O2S2/c24-17(16-7-4-10-27-16)20-15(13-14-5-2-1-3-6-14)18-21-22-19(25-18)23-8-11-26-12-9-23/h1-7,10,15H,8-9,11-13H2,(H,20,24). The smallest absolute Gasteiger partial charge is 0.318 e. The number of nitrogens with one attached hydrogen (secondary N) is 1. The lowest BCUT2D eigenvalue weighted by Gasteiger charge is -2.24. The van der Waals surface area contributed by atoms with Crippen molar-refractivity contribution < 1.29 is 9.21 Å². The van der Waals surface area contributed by atoms with Crippen molar-refractivity contribution in [2.45, 2.75) is 12.5 Å². The average Bonchev–Trinajstić information content (AvgIpc) is 3.41. The molecule has 1 amide bonds. The van der Waals surface area contributed by atoms with E-state index in [-0.39, 0.29) is 11.9 Å². The molecule has 0 spiro atoms. The number of benzene rings is 1. The van der Waals surface area contributed by atoms with Crippen LogP contribution in [0.4, 0.5) is 6.01 Å². The monoisotopic (exact) mass is 400 g/mol. The van der Waals surface area contributed by atoms with Gasteiger partial charge in [-0.3, -0.25) is 4.79 Å². The van der Waals surface area contributed by atoms with Gasteiger partial charge < -0.3 is 14.6 Å². The minimum atomic E-state index is -0.373. The number of amides is 1. The molecule has 1 saturated heterocycles. The zero-order valence-corrected chi connectivity index (χ0v) is 16.3. The fourth-order valence-corrected chi connectivity index (χ4v) is 4.47. The van der Waals surface area contributed by atoms with Crippen LogP contribution in [0.5, 0.6) is 0 Å². The lowest BCUT2D eigenvalue weighted by molar-refractivity contribution is 0.0934. The van der Waals surface area contributed by atoms with Crippen molar-refractivity contribution in [3.63, 3.8) is 0 Å². The predicted molar refractivity (Wildman–Crippen MR) is 109 cm³/mol. The minimum absolute atomic E-state index is 0.125. The summed E-state index contributed by atoms with van der Waals surface area (Å²) in [6.07, 6.45) is 0.593. The normalized spacial score (nSPS) is 15.5. The SMILES string of the molecule is O=C(NC(Cc1ccccc1)c1nnc(N2CCSCC2)o1)c1cccs1. The van der Waals surface area contributed by atoms with Gasteiger partial charge in [0.1, 0.15) is 6.04 Å². The first-order valence-electron chi connectivity index (χ1n) is 8.84. The Morgan fingerprint density at radius 3 is 2.70 bits per heavy atom. The molecule has 1 fully saturated rings. The first-order chi connectivity index (χ1) is 13.3. The van der Waals surface area contributed by atoms with Crippen LogP contribution in [0.15, 0.2) is 52.3 Å². The van der Waals surface area contributed by atoms with Crippen LogP contribution < -0.4 is 10.2 Å². The van der Waals surface area contributed by atoms with E-state index in [1.807, 2.05) is 59.6 Å². The molecule has 140 valence electrons. The highest BCUT2D eigenvalue weighted by molar-refractivity contribution is 7.99. The van der Waals surface area contributed by atoms with Crippen LogP contribution in [0.1, 0.15) is 27.2 Å². The third-order valence-corrected chi connectivity index (χ3v) is 6.15. The third kappa shape index (κ3) is 4.51. The summed E-state index contributed by atoms with van der Waals surface area (Å²) in [7, 11) is 0. The van der Waals surface area contributed by atoms with Crippen molar-refractivity contribution in [3.8, 4) is 0 Å². The van der Waals surface area contributed by atoms with Crippen molar-refractivity contribution in [1.29, 1.82) is 0 Å². The van der Waals surface area contributed by atoms with Gasteiger partial charge in [0.2, 0.25) is 5.89 Å². The topological polar surface area (TPSA) is 71.3 Å². The summed E-state index contributed by atoms with van der Waals surface area (Å²) in [5.41, 5.74) is 1.10. The summed E-state index contributed by atoms with van der Waals surface area (Å²) >= 11 is 3.34. The van der Waals surface area contributed by atoms with E-state index in [4.69, 9.17) is 4.42 Å². The Bertz CT molecular complexity index is 861. The number of thioether (sulfide) groups is 1. The quantitative estimate of drug-likeness (QED) is 0.684. The van der Waals surface area contributed by atoms with E-state index >= 15 is 0 Å². The summed E-state index contributed by atoms with van der Waals surface area (Å²) < 4.78 is 5.96. The lowest BCUT2D eigenvalue weighted by Crippen LogP contribution is -2.32. The summed E-state index contributed by atoms with van der Waals surface area (Å²) in [5.74, 6) is 2.43. The molecule has 0 saturated carbocycles. The Balaban J connectivity index is 1.55. The predicted octanol–water partition coefficient (Wildman–Crippen LogP) is 3.40. The molecule has 6 nitrogen and oxygen atoms in total. The molecule has 4 rings (SSSR count). The number of anilines is 1. The van der Waals surface area contributed by atoms with E-state index in [0.29, 0.717) is 23.2 Å². The second kappa shape index (κ2) is 8.58. The van der Waals surface area contributed by atoms with Crippen LogP contribution in [0.3, 0.4) is 0 Å². The van der Waals surface area contributed by atoms with Crippen LogP contribution >= 0.6 is 23.1 Å². The van der Waals surface area contributed by atoms with Gasteiger partial charge in [-0.25, -0.2) is 0 Å². The molecular formula is C19H20N4O2S2. The van der Waals surface area contributed by atoms with Gasteiger partial charge in [-0.15, -0.1) is 16.4 Å². The van der Waals surface area contributed by atoms with Crippen molar-refractivity contribution in [3.05, 3.63) is 64.2 Å². The number of carbonyl (C=O) groups is 1. The Morgan fingerprint density at radius 2 is 1.96 bits per heavy atom. The van der Waals surface area contributed by atoms with Crippen molar-refractivity contribution in [1.82, 2.24) is 15.5 Å². The average molecular weight is 401 g/mol. The van der Waals surface area contributed by atoms with E-state index in [1.165, 1.54) is 11.3 Å². The fraction of sp³-hybridized carbons (Fsp3) is 0.316. The molecule has 0 aliphatic carbocycles. The van der Waals surface area contributed by atoms with E-state index < -0.39 is 0 Å². The molecule has 3 heterocycles. The molecule has 1 aliphatic heterocycles. The number of thiophene rings is 1. The minimum Gasteiger partial charge on any atom is -0.406 e. The number of aromatic nitrogens is 2. The fourth-order valence-electron chi connectivity index (χ4n) is 2.94. The summed E-state index contributed by atoms with van der Waals surface area (Å²) in [4.78, 5) is 15.4. The first kappa shape index (κ1) is 18.1. The second-order valence-electron chi connectivity index (χ2n) is 6.22. The first-order valence-corrected chi connectivity index (χ1v) is 10.9. The third-order valence-electron chi connectivity index (χ3n) is 4.34. The van der Waals surface area contributed by atoms with Crippen molar-refractivity contribution in [2.24, 2.45) is 0 Å². The molecule has 0 bridgehead atoms. The van der Waals surface area contributed by atoms with Gasteiger partial charge in [0, 0.05) is 31.0 Å². The number of carbonyl (C=O) groups excluding carboxylic acids is 1. The van der Waals surface area contributed by atoms with Crippen LogP contribution in [0, 0.1) is 0 Å². The second-order valence-corrected chi connectivity index (χ2v) is 8.39. The molecular weight excluding hydrogens is 380 g/mol. The Morgan fingerprint density at radius 1 is 1.15 bits per heavy atom. The van der Waals surface area contributed by atoms with Gasteiger partial charge in [0.25, 0.3) is 5.91 Å². The summed E-state index contributed by atoms with van der Waals surface area (Å²) in [6, 6.07) is 13.8. The van der Waals surface area contributed by atoms with E-state index in [9.17, 15) is 4.79 Å². The van der Waals surface area contributed by atoms with E-state index in [1.54, 1.807) is 0 Å². The van der Waals surface area contributed by atoms with Gasteiger partial charge in [0.05, 0.1) is 4.88 Å². The number of rotatable bonds is 6. The van der Waals surface area contributed by atoms with Crippen LogP contribution in [0.2, 0.25) is 0 Å². The zero-order valence-electron chi connectivity index (χ0n) is 14.7. The maximum absolute atomic E-state index is 12.6. The highest BCUT2D eigenvalue weighted by Gasteiger charge is 2.25. The van der Waals surface area contributed by atoms with Crippen LogP contribution in [-0.2, 0) is 6.42 Å². The molecule has 1 atom stereocenters. The zero-order chi connectivity index (χ0) is 18.5. The van der Waals surface area contributed by atoms with Crippen LogP contribution in [-0.4, -0.2) is 40.7 Å². The number of hydrogen-bond acceptors (Lipinski definition) is 7. The van der Waals surface area contributed by atoms with Gasteiger partial charge in [-0.05, 0) is 17.0 Å². The maximum atomic E-state index is 12.6. The largest absolute Gasteiger partial charge is 0.406 e. The molecule has 1 N–H and O–H groups in total. The van der Waals surface area contributed by atoms with Crippen molar-refractivity contribution in [2.75, 3.05) is 29.5 Å². The van der Waals surface area contributed by atoms with E-state index in [2.05, 4.69) is 20.4 Å². The number of nitrogens with zero attached hydrogens (tertiary/aromatic N) is 3. The summed E-state index contributed by atoms with van der Waals surface area (Å²) in [6.45, 7) is 1.80. The Labute approximate surface area is 166 Å². The van der Waals surface area contributed by atoms with Gasteiger partial charge in [-0.1, -0.05) is 41.5 Å². The highest BCUT2D eigenvalue weighted by atomic mass is 32.2. The molecule has 2 aromatic heterocycles. The molecule has 1 aromatic carbocycles. The molecule has 8 heteroatoms. The lowest BCUT2D eigenvalue weighted by atomic mass is 10.1. The van der Waals surface area contributed by atoms with Gasteiger partial charge in [-0.2, -0.15) is 11.8 Å². The Hall–Kier alpha value is -2.32. The highest BCUT2D eigenvalue weighted by Crippen LogP contribution is 2.24. The molecule has 1 aliphatic rings. The van der Waals surface area contributed by atoms with Gasteiger partial charge >= 0.3 is 6.01 Å². The van der Waals surface area contributed by atoms with Crippen LogP contribution in [0.25, 0.3) is 0 Å². The molecule has 0 radical (unpaired) electrons. The van der Waals surface area contributed by atoms with Crippen molar-refractivity contribution >= 4 is 35.0 Å². The summed E-state index contributed by atoms with van der Waals surface area (Å²) in [5, 5.41) is 13.4. The Kier molecular flexibility index (Phi) is 5.74. The molecule has 3 aromatic rings. The molecule has 1 unspecified atom stereocenters. The van der Waals surface area contributed by atoms with E-state index in [0.717, 1.165) is 30.2 Å². The maximum Gasteiger partial charge on any atom is 0.318 e. The molecule has 27 heavy (non-hydrogen) atoms. The van der Waals surface area contributed by atoms with Gasteiger partial charge in [0.15, 0.2) is 0 Å².